The maximum absolute atomic E-state index is 14.0. The standard InChI is InChI=1S/C21H21ClF3N3O3/c1-19(2,27)7-8-28-15-10-11(17(26)29)9-13(21(23,24)25)16(15)20(31,18(28)30)12-5-3-4-6-14(12)22/h3-6,9-10,31H,7-8,27H2,1-2H3,(H2,26,29). The van der Waals surface area contributed by atoms with Crippen LogP contribution < -0.4 is 16.4 Å². The lowest BCUT2D eigenvalue weighted by Crippen LogP contribution is -2.44. The van der Waals surface area contributed by atoms with Crippen molar-refractivity contribution in [2.45, 2.75) is 37.6 Å². The monoisotopic (exact) mass is 455 g/mol. The predicted octanol–water partition coefficient (Wildman–Crippen LogP) is 3.17. The first kappa shape index (κ1) is 23.1. The van der Waals surface area contributed by atoms with E-state index in [4.69, 9.17) is 23.1 Å². The molecule has 0 saturated carbocycles. The minimum Gasteiger partial charge on any atom is -0.372 e. The number of hydrogen-bond donors (Lipinski definition) is 3. The topological polar surface area (TPSA) is 110 Å². The summed E-state index contributed by atoms with van der Waals surface area (Å²) in [4.78, 5) is 26.1. The zero-order valence-electron chi connectivity index (χ0n) is 16.8. The van der Waals surface area contributed by atoms with Gasteiger partial charge in [0.2, 0.25) is 5.91 Å². The summed E-state index contributed by atoms with van der Waals surface area (Å²) in [5.41, 5.74) is 4.80. The second kappa shape index (κ2) is 7.51. The van der Waals surface area contributed by atoms with Gasteiger partial charge in [-0.3, -0.25) is 9.59 Å². The van der Waals surface area contributed by atoms with Crippen LogP contribution in [-0.2, 0) is 16.6 Å². The van der Waals surface area contributed by atoms with E-state index < -0.39 is 45.8 Å². The molecule has 0 spiro atoms. The Hall–Kier alpha value is -2.62. The van der Waals surface area contributed by atoms with Crippen molar-refractivity contribution in [3.05, 3.63) is 63.7 Å². The van der Waals surface area contributed by atoms with Gasteiger partial charge in [0.05, 0.1) is 11.3 Å². The molecule has 3 rings (SSSR count). The fourth-order valence-electron chi connectivity index (χ4n) is 3.62. The largest absolute Gasteiger partial charge is 0.416 e. The highest BCUT2D eigenvalue weighted by Gasteiger charge is 2.56. The minimum absolute atomic E-state index is 0.0857. The first-order valence-electron chi connectivity index (χ1n) is 9.31. The molecular formula is C21H21ClF3N3O3. The molecule has 0 fully saturated rings. The molecule has 1 unspecified atom stereocenters. The van der Waals surface area contributed by atoms with Crippen LogP contribution in [0.15, 0.2) is 36.4 Å². The second-order valence-corrected chi connectivity index (χ2v) is 8.57. The van der Waals surface area contributed by atoms with Gasteiger partial charge in [-0.2, -0.15) is 13.2 Å². The first-order chi connectivity index (χ1) is 14.2. The third-order valence-electron chi connectivity index (χ3n) is 5.16. The van der Waals surface area contributed by atoms with Crippen LogP contribution in [0.5, 0.6) is 0 Å². The summed E-state index contributed by atoms with van der Waals surface area (Å²) in [5, 5.41) is 11.4. The molecule has 2 aromatic carbocycles. The van der Waals surface area contributed by atoms with Crippen LogP contribution in [0.1, 0.15) is 47.3 Å². The molecule has 2 amide bonds. The molecule has 166 valence electrons. The number of halogens is 4. The van der Waals surface area contributed by atoms with E-state index in [9.17, 15) is 27.9 Å². The van der Waals surface area contributed by atoms with E-state index >= 15 is 0 Å². The van der Waals surface area contributed by atoms with Gasteiger partial charge >= 0.3 is 6.18 Å². The van der Waals surface area contributed by atoms with Crippen LogP contribution in [0.25, 0.3) is 0 Å². The van der Waals surface area contributed by atoms with Gasteiger partial charge in [0.1, 0.15) is 0 Å². The van der Waals surface area contributed by atoms with Gasteiger partial charge in [0, 0.05) is 33.8 Å². The number of benzene rings is 2. The number of amides is 2. The van der Waals surface area contributed by atoms with Crippen molar-refractivity contribution >= 4 is 29.1 Å². The fraction of sp³-hybridized carbons (Fsp3) is 0.333. The van der Waals surface area contributed by atoms with E-state index in [2.05, 4.69) is 0 Å². The average molecular weight is 456 g/mol. The first-order valence-corrected chi connectivity index (χ1v) is 9.69. The van der Waals surface area contributed by atoms with Gasteiger partial charge in [-0.15, -0.1) is 0 Å². The molecule has 0 aliphatic carbocycles. The van der Waals surface area contributed by atoms with Gasteiger partial charge in [-0.05, 0) is 38.5 Å². The van der Waals surface area contributed by atoms with E-state index in [0.29, 0.717) is 6.07 Å². The molecule has 0 radical (unpaired) electrons. The molecule has 1 aliphatic rings. The number of nitrogens with zero attached hydrogens (tertiary/aromatic N) is 1. The van der Waals surface area contributed by atoms with Crippen LogP contribution in [-0.4, -0.2) is 29.0 Å². The van der Waals surface area contributed by atoms with Gasteiger partial charge in [0.25, 0.3) is 5.91 Å². The van der Waals surface area contributed by atoms with Crippen LogP contribution in [0.4, 0.5) is 18.9 Å². The zero-order chi connectivity index (χ0) is 23.4. The molecule has 1 heterocycles. The number of alkyl halides is 3. The highest BCUT2D eigenvalue weighted by Crippen LogP contribution is 2.51. The summed E-state index contributed by atoms with van der Waals surface area (Å²) in [6.07, 6.45) is -4.78. The van der Waals surface area contributed by atoms with Crippen LogP contribution in [0.3, 0.4) is 0 Å². The van der Waals surface area contributed by atoms with Crippen molar-refractivity contribution in [2.24, 2.45) is 11.5 Å². The van der Waals surface area contributed by atoms with Crippen molar-refractivity contribution in [3.63, 3.8) is 0 Å². The van der Waals surface area contributed by atoms with Gasteiger partial charge < -0.3 is 21.5 Å². The summed E-state index contributed by atoms with van der Waals surface area (Å²) >= 11 is 6.17. The summed E-state index contributed by atoms with van der Waals surface area (Å²) in [6, 6.07) is 7.21. The maximum atomic E-state index is 14.0. The van der Waals surface area contributed by atoms with Crippen molar-refractivity contribution in [3.8, 4) is 0 Å². The lowest BCUT2D eigenvalue weighted by molar-refractivity contribution is -0.142. The Bertz CT molecular complexity index is 1070. The Morgan fingerprint density at radius 3 is 2.35 bits per heavy atom. The Labute approximate surface area is 181 Å². The Kier molecular flexibility index (Phi) is 5.58. The van der Waals surface area contributed by atoms with Gasteiger partial charge in [-0.25, -0.2) is 0 Å². The van der Waals surface area contributed by atoms with E-state index in [1.165, 1.54) is 24.3 Å². The Morgan fingerprint density at radius 2 is 1.84 bits per heavy atom. The minimum atomic E-state index is -4.99. The van der Waals surface area contributed by atoms with Crippen LogP contribution in [0, 0.1) is 0 Å². The molecule has 0 bridgehead atoms. The van der Waals surface area contributed by atoms with Gasteiger partial charge in [0.15, 0.2) is 5.60 Å². The molecule has 2 aromatic rings. The fourth-order valence-corrected chi connectivity index (χ4v) is 3.90. The third-order valence-corrected chi connectivity index (χ3v) is 5.49. The van der Waals surface area contributed by atoms with Crippen molar-refractivity contribution < 1.29 is 27.9 Å². The zero-order valence-corrected chi connectivity index (χ0v) is 17.5. The number of rotatable bonds is 5. The number of primary amides is 1. The molecular weight excluding hydrogens is 435 g/mol. The van der Waals surface area contributed by atoms with Crippen LogP contribution in [0.2, 0.25) is 5.02 Å². The molecule has 31 heavy (non-hydrogen) atoms. The highest BCUT2D eigenvalue weighted by atomic mass is 35.5. The number of carbonyl (C=O) groups excluding carboxylic acids is 2. The normalized spacial score (nSPS) is 19.0. The van der Waals surface area contributed by atoms with Crippen molar-refractivity contribution in [1.82, 2.24) is 0 Å². The predicted molar refractivity (Wildman–Crippen MR) is 110 cm³/mol. The Morgan fingerprint density at radius 1 is 1.23 bits per heavy atom. The van der Waals surface area contributed by atoms with E-state index in [-0.39, 0.29) is 29.2 Å². The number of carbonyl (C=O) groups is 2. The number of hydrogen-bond acceptors (Lipinski definition) is 4. The number of fused-ring (bicyclic) bond motifs is 1. The lowest BCUT2D eigenvalue weighted by atomic mass is 9.83. The molecule has 1 aliphatic heterocycles. The Balaban J connectivity index is 2.37. The number of nitrogens with two attached hydrogens (primary N) is 2. The number of anilines is 1. The SMILES string of the molecule is CC(C)(N)CCN1C(=O)C(O)(c2ccccc2Cl)c2c1cc(C(N)=O)cc2C(F)(F)F. The highest BCUT2D eigenvalue weighted by molar-refractivity contribution is 6.32. The molecule has 0 aromatic heterocycles. The summed E-state index contributed by atoms with van der Waals surface area (Å²) < 4.78 is 42.1. The molecule has 10 heteroatoms. The summed E-state index contributed by atoms with van der Waals surface area (Å²) in [7, 11) is 0. The van der Waals surface area contributed by atoms with Crippen molar-refractivity contribution in [2.75, 3.05) is 11.4 Å². The quantitative estimate of drug-likeness (QED) is 0.643. The van der Waals surface area contributed by atoms with Crippen LogP contribution >= 0.6 is 11.6 Å². The molecule has 1 atom stereocenters. The average Bonchev–Trinajstić information content (AvgIpc) is 2.86. The second-order valence-electron chi connectivity index (χ2n) is 8.17. The van der Waals surface area contributed by atoms with E-state index in [1.807, 2.05) is 0 Å². The molecule has 6 nitrogen and oxygen atoms in total. The van der Waals surface area contributed by atoms with E-state index in [1.54, 1.807) is 13.8 Å². The summed E-state index contributed by atoms with van der Waals surface area (Å²) in [5.74, 6) is -2.12. The third kappa shape index (κ3) is 4.00. The summed E-state index contributed by atoms with van der Waals surface area (Å²) in [6.45, 7) is 3.28. The lowest BCUT2D eigenvalue weighted by Gasteiger charge is -2.27. The molecule has 5 N–H and O–H groups in total. The smallest absolute Gasteiger partial charge is 0.372 e. The van der Waals surface area contributed by atoms with E-state index in [0.717, 1.165) is 11.0 Å². The number of aliphatic hydroxyl groups is 1. The van der Waals surface area contributed by atoms with Gasteiger partial charge in [-0.1, -0.05) is 29.8 Å². The maximum Gasteiger partial charge on any atom is 0.416 e. The van der Waals surface area contributed by atoms with Crippen molar-refractivity contribution in [1.29, 1.82) is 0 Å². The molecule has 0 saturated heterocycles.